The number of nitrogens with zero attached hydrogens (tertiary/aromatic N) is 1. The Balaban J connectivity index is 1.64. The van der Waals surface area contributed by atoms with E-state index in [2.05, 4.69) is 0 Å². The van der Waals surface area contributed by atoms with Gasteiger partial charge in [0.2, 0.25) is 21.7 Å². The normalized spacial score (nSPS) is 11.6. The molecule has 5 rings (SSSR count). The van der Waals surface area contributed by atoms with Crippen molar-refractivity contribution in [2.24, 2.45) is 11.5 Å². The van der Waals surface area contributed by atoms with Crippen molar-refractivity contribution in [1.29, 1.82) is 0 Å². The van der Waals surface area contributed by atoms with Gasteiger partial charge in [0.05, 0.1) is 21.3 Å². The number of rotatable bonds is 8. The van der Waals surface area contributed by atoms with Crippen molar-refractivity contribution in [3.8, 4) is 5.75 Å². The lowest BCUT2D eigenvalue weighted by atomic mass is 10.1. The fraction of sp³-hybridized carbons (Fsp3) is 0.103. The number of carbonyl (C=O) groups is 2. The van der Waals surface area contributed by atoms with Crippen LogP contribution in [0.2, 0.25) is 0 Å². The molecule has 38 heavy (non-hydrogen) atoms. The fourth-order valence-electron chi connectivity index (χ4n) is 4.84. The first-order valence-electron chi connectivity index (χ1n) is 11.8. The van der Waals surface area contributed by atoms with Gasteiger partial charge in [0.25, 0.3) is 0 Å². The van der Waals surface area contributed by atoms with Gasteiger partial charge < -0.3 is 20.8 Å². The van der Waals surface area contributed by atoms with E-state index in [4.69, 9.17) is 16.2 Å². The number of hydrogen-bond acceptors (Lipinski definition) is 5. The summed E-state index contributed by atoms with van der Waals surface area (Å²) in [5.41, 5.74) is 14.4. The standard InChI is InChI=1S/C29H25N3O5S/c1-18-20(28(30)33)10-6-15-25(18)38(35,36)17-37-24-14-7-13-23-27(24)26-21(29(31)34)11-5-12-22(26)32(23)16-19-8-3-2-4-9-19/h2-15H,16-17H2,1H3,(H2,30,33)(H2,31,34). The summed E-state index contributed by atoms with van der Waals surface area (Å²) < 4.78 is 34.5. The van der Waals surface area contributed by atoms with E-state index < -0.39 is 27.6 Å². The van der Waals surface area contributed by atoms with Gasteiger partial charge in [-0.3, -0.25) is 9.59 Å². The van der Waals surface area contributed by atoms with Crippen molar-refractivity contribution in [3.05, 3.63) is 107 Å². The van der Waals surface area contributed by atoms with Gasteiger partial charge in [-0.15, -0.1) is 0 Å². The lowest BCUT2D eigenvalue weighted by Gasteiger charge is -2.13. The maximum absolute atomic E-state index is 13.3. The average molecular weight is 528 g/mol. The molecule has 4 N–H and O–H groups in total. The number of sulfone groups is 1. The van der Waals surface area contributed by atoms with Gasteiger partial charge in [0.15, 0.2) is 5.94 Å². The van der Waals surface area contributed by atoms with E-state index in [1.54, 1.807) is 24.3 Å². The molecule has 0 fully saturated rings. The molecule has 0 aliphatic heterocycles. The predicted molar refractivity (Wildman–Crippen MR) is 146 cm³/mol. The summed E-state index contributed by atoms with van der Waals surface area (Å²) in [7, 11) is -3.96. The third-order valence-corrected chi connectivity index (χ3v) is 8.12. The lowest BCUT2D eigenvalue weighted by molar-refractivity contribution is 0.0992. The molecule has 5 aromatic rings. The maximum Gasteiger partial charge on any atom is 0.249 e. The molecule has 4 aromatic carbocycles. The van der Waals surface area contributed by atoms with Crippen LogP contribution in [0.3, 0.4) is 0 Å². The minimum absolute atomic E-state index is 0.0368. The average Bonchev–Trinajstić information content (AvgIpc) is 3.22. The monoisotopic (exact) mass is 527 g/mol. The first-order chi connectivity index (χ1) is 18.2. The van der Waals surface area contributed by atoms with Gasteiger partial charge in [-0.2, -0.15) is 0 Å². The van der Waals surface area contributed by atoms with Gasteiger partial charge in [-0.05, 0) is 54.4 Å². The molecule has 0 unspecified atom stereocenters. The van der Waals surface area contributed by atoms with Crippen molar-refractivity contribution >= 4 is 43.5 Å². The van der Waals surface area contributed by atoms with E-state index in [1.807, 2.05) is 47.0 Å². The largest absolute Gasteiger partial charge is 0.477 e. The van der Waals surface area contributed by atoms with Crippen LogP contribution in [0.25, 0.3) is 21.8 Å². The second kappa shape index (κ2) is 9.68. The first kappa shape index (κ1) is 25.0. The van der Waals surface area contributed by atoms with E-state index in [-0.39, 0.29) is 16.0 Å². The molecule has 0 saturated carbocycles. The molecule has 0 aliphatic rings. The number of primary amides is 2. The summed E-state index contributed by atoms with van der Waals surface area (Å²) in [5, 5.41) is 1.18. The van der Waals surface area contributed by atoms with Crippen LogP contribution < -0.4 is 16.2 Å². The van der Waals surface area contributed by atoms with Crippen molar-refractivity contribution in [1.82, 2.24) is 4.57 Å². The summed E-state index contributed by atoms with van der Waals surface area (Å²) in [6, 6.07) is 24.8. The maximum atomic E-state index is 13.3. The van der Waals surface area contributed by atoms with E-state index in [9.17, 15) is 18.0 Å². The van der Waals surface area contributed by atoms with Gasteiger partial charge >= 0.3 is 0 Å². The number of fused-ring (bicyclic) bond motifs is 3. The van der Waals surface area contributed by atoms with Crippen LogP contribution >= 0.6 is 0 Å². The molecule has 192 valence electrons. The Kier molecular flexibility index (Phi) is 6.38. The van der Waals surface area contributed by atoms with Crippen LogP contribution in [0.4, 0.5) is 0 Å². The molecule has 0 aliphatic carbocycles. The zero-order chi connectivity index (χ0) is 27.0. The molecule has 8 nitrogen and oxygen atoms in total. The molecular weight excluding hydrogens is 502 g/mol. The lowest BCUT2D eigenvalue weighted by Crippen LogP contribution is -2.18. The topological polar surface area (TPSA) is 134 Å². The Morgan fingerprint density at radius 3 is 2.05 bits per heavy atom. The van der Waals surface area contributed by atoms with Gasteiger partial charge in [0.1, 0.15) is 5.75 Å². The minimum Gasteiger partial charge on any atom is -0.477 e. The molecule has 0 atom stereocenters. The highest BCUT2D eigenvalue weighted by Gasteiger charge is 2.24. The molecule has 0 radical (unpaired) electrons. The third kappa shape index (κ3) is 4.37. The summed E-state index contributed by atoms with van der Waals surface area (Å²) in [4.78, 5) is 24.1. The number of nitrogens with two attached hydrogens (primary N) is 2. The number of aromatic nitrogens is 1. The third-order valence-electron chi connectivity index (χ3n) is 6.58. The van der Waals surface area contributed by atoms with Crippen molar-refractivity contribution in [3.63, 3.8) is 0 Å². The van der Waals surface area contributed by atoms with Gasteiger partial charge in [-0.1, -0.05) is 48.5 Å². The number of hydrogen-bond donors (Lipinski definition) is 2. The molecule has 0 spiro atoms. The van der Waals surface area contributed by atoms with E-state index in [1.165, 1.54) is 25.1 Å². The quantitative estimate of drug-likeness (QED) is 0.312. The smallest absolute Gasteiger partial charge is 0.249 e. The van der Waals surface area contributed by atoms with E-state index in [0.717, 1.165) is 16.6 Å². The molecule has 1 heterocycles. The molecule has 1 aromatic heterocycles. The SMILES string of the molecule is Cc1c(C(N)=O)cccc1S(=O)(=O)COc1cccc2c1c1c(C(N)=O)cccc1n2Cc1ccccc1. The van der Waals surface area contributed by atoms with E-state index in [0.29, 0.717) is 28.6 Å². The molecule has 2 amide bonds. The van der Waals surface area contributed by atoms with Crippen LogP contribution in [0.15, 0.2) is 89.8 Å². The molecule has 9 heteroatoms. The highest BCUT2D eigenvalue weighted by atomic mass is 32.2. The summed E-state index contributed by atoms with van der Waals surface area (Å²) in [6.45, 7) is 2.05. The second-order valence-electron chi connectivity index (χ2n) is 8.96. The number of ether oxygens (including phenoxy) is 1. The molecule has 0 bridgehead atoms. The Bertz CT molecular complexity index is 1830. The van der Waals surface area contributed by atoms with Crippen LogP contribution in [0.5, 0.6) is 5.75 Å². The summed E-state index contributed by atoms with van der Waals surface area (Å²) in [6.07, 6.45) is 0. The first-order valence-corrected chi connectivity index (χ1v) is 13.5. The molecular formula is C29H25N3O5S. The Morgan fingerprint density at radius 2 is 1.37 bits per heavy atom. The van der Waals surface area contributed by atoms with Crippen LogP contribution in [-0.4, -0.2) is 30.7 Å². The zero-order valence-corrected chi connectivity index (χ0v) is 21.4. The molecule has 0 saturated heterocycles. The number of benzene rings is 4. The summed E-state index contributed by atoms with van der Waals surface area (Å²) in [5.74, 6) is -1.70. The minimum atomic E-state index is -3.96. The fourth-order valence-corrected chi connectivity index (χ4v) is 6.11. The Morgan fingerprint density at radius 1 is 0.763 bits per heavy atom. The zero-order valence-electron chi connectivity index (χ0n) is 20.5. The van der Waals surface area contributed by atoms with Gasteiger partial charge in [0, 0.05) is 23.1 Å². The van der Waals surface area contributed by atoms with Crippen molar-refractivity contribution < 1.29 is 22.7 Å². The van der Waals surface area contributed by atoms with Crippen LogP contribution in [0.1, 0.15) is 31.8 Å². The van der Waals surface area contributed by atoms with Gasteiger partial charge in [-0.25, -0.2) is 8.42 Å². The van der Waals surface area contributed by atoms with Crippen molar-refractivity contribution in [2.75, 3.05) is 5.94 Å². The van der Waals surface area contributed by atoms with Crippen LogP contribution in [0, 0.1) is 6.92 Å². The Hall–Kier alpha value is -4.63. The second-order valence-corrected chi connectivity index (χ2v) is 10.9. The Labute approximate surface area is 219 Å². The summed E-state index contributed by atoms with van der Waals surface area (Å²) >= 11 is 0. The van der Waals surface area contributed by atoms with Crippen molar-refractivity contribution in [2.45, 2.75) is 18.4 Å². The van der Waals surface area contributed by atoms with E-state index >= 15 is 0 Å². The number of carbonyl (C=O) groups excluding carboxylic acids is 2. The number of amides is 2. The predicted octanol–water partition coefficient (Wildman–Crippen LogP) is 4.16. The highest BCUT2D eigenvalue weighted by Crippen LogP contribution is 2.38. The van der Waals surface area contributed by atoms with Crippen LogP contribution in [-0.2, 0) is 16.4 Å². The highest BCUT2D eigenvalue weighted by molar-refractivity contribution is 7.91.